The van der Waals surface area contributed by atoms with Crippen LogP contribution in [0.3, 0.4) is 0 Å². The molecule has 2 aliphatic rings. The summed E-state index contributed by atoms with van der Waals surface area (Å²) >= 11 is 1.98. The first-order valence-corrected chi connectivity index (χ1v) is 7.69. The zero-order valence-electron chi connectivity index (χ0n) is 10.6. The third-order valence-electron chi connectivity index (χ3n) is 3.83. The molecule has 4 N–H and O–H groups in total. The first kappa shape index (κ1) is 14.1. The van der Waals surface area contributed by atoms with Crippen LogP contribution >= 0.6 is 11.8 Å². The molecule has 0 aromatic rings. The summed E-state index contributed by atoms with van der Waals surface area (Å²) in [6.07, 6.45) is 3.02. The van der Waals surface area contributed by atoms with Crippen LogP contribution in [0.1, 0.15) is 25.7 Å². The zero-order valence-corrected chi connectivity index (χ0v) is 11.4. The lowest BCUT2D eigenvalue weighted by Crippen LogP contribution is -2.51. The molecule has 18 heavy (non-hydrogen) atoms. The highest BCUT2D eigenvalue weighted by Gasteiger charge is 2.38. The molecule has 2 saturated heterocycles. The number of carbonyl (C=O) groups excluding carboxylic acids is 1. The van der Waals surface area contributed by atoms with E-state index in [4.69, 9.17) is 10.5 Å². The SMILES string of the molecule is NC(=O)C(O)CNC1CCOC2(CCSCC2)C1. The summed E-state index contributed by atoms with van der Waals surface area (Å²) in [5.74, 6) is 1.66. The minimum absolute atomic E-state index is 0.0266. The van der Waals surface area contributed by atoms with Gasteiger partial charge in [0.05, 0.1) is 5.60 Å². The van der Waals surface area contributed by atoms with Crippen LogP contribution in [0.5, 0.6) is 0 Å². The molecule has 2 fully saturated rings. The molecule has 0 aromatic carbocycles. The lowest BCUT2D eigenvalue weighted by Gasteiger charge is -2.43. The molecule has 1 spiro atoms. The summed E-state index contributed by atoms with van der Waals surface area (Å²) < 4.78 is 5.98. The Morgan fingerprint density at radius 2 is 2.28 bits per heavy atom. The fraction of sp³-hybridized carbons (Fsp3) is 0.917. The molecule has 2 aliphatic heterocycles. The summed E-state index contributed by atoms with van der Waals surface area (Å²) in [5.41, 5.74) is 5.06. The molecule has 6 heteroatoms. The molecule has 0 radical (unpaired) electrons. The number of rotatable bonds is 4. The number of nitrogens with two attached hydrogens (primary N) is 1. The molecule has 2 rings (SSSR count). The Labute approximate surface area is 112 Å². The molecule has 2 heterocycles. The number of ether oxygens (including phenoxy) is 1. The van der Waals surface area contributed by atoms with Crippen molar-refractivity contribution in [2.45, 2.75) is 43.4 Å². The van der Waals surface area contributed by atoms with E-state index in [0.29, 0.717) is 6.04 Å². The topological polar surface area (TPSA) is 84.6 Å². The van der Waals surface area contributed by atoms with E-state index in [1.807, 2.05) is 11.8 Å². The van der Waals surface area contributed by atoms with Crippen molar-refractivity contribution in [2.75, 3.05) is 24.7 Å². The van der Waals surface area contributed by atoms with Crippen LogP contribution in [0, 0.1) is 0 Å². The maximum atomic E-state index is 10.8. The van der Waals surface area contributed by atoms with Gasteiger partial charge in [-0.2, -0.15) is 11.8 Å². The molecular formula is C12H22N2O3S. The van der Waals surface area contributed by atoms with Gasteiger partial charge in [-0.15, -0.1) is 0 Å². The van der Waals surface area contributed by atoms with Gasteiger partial charge in [-0.05, 0) is 37.2 Å². The second kappa shape index (κ2) is 6.23. The molecular weight excluding hydrogens is 252 g/mol. The number of aliphatic hydroxyl groups excluding tert-OH is 1. The summed E-state index contributed by atoms with van der Waals surface area (Å²) in [5, 5.41) is 12.6. The first-order valence-electron chi connectivity index (χ1n) is 6.54. The lowest BCUT2D eigenvalue weighted by molar-refractivity contribution is -0.126. The number of hydrogen-bond donors (Lipinski definition) is 3. The second-order valence-electron chi connectivity index (χ2n) is 5.16. The lowest BCUT2D eigenvalue weighted by atomic mass is 9.85. The maximum absolute atomic E-state index is 10.8. The summed E-state index contributed by atoms with van der Waals surface area (Å²) in [6.45, 7) is 1.000. The molecule has 2 unspecified atom stereocenters. The molecule has 0 bridgehead atoms. The monoisotopic (exact) mass is 274 g/mol. The highest BCUT2D eigenvalue weighted by Crippen LogP contribution is 2.37. The van der Waals surface area contributed by atoms with E-state index >= 15 is 0 Å². The highest BCUT2D eigenvalue weighted by atomic mass is 32.2. The van der Waals surface area contributed by atoms with Gasteiger partial charge in [-0.25, -0.2) is 0 Å². The Balaban J connectivity index is 1.81. The molecule has 0 aliphatic carbocycles. The van der Waals surface area contributed by atoms with Gasteiger partial charge in [0.2, 0.25) is 5.91 Å². The Hall–Kier alpha value is -0.300. The average molecular weight is 274 g/mol. The Kier molecular flexibility index (Phi) is 4.89. The number of nitrogens with one attached hydrogen (secondary N) is 1. The van der Waals surface area contributed by atoms with Crippen molar-refractivity contribution in [1.82, 2.24) is 5.32 Å². The maximum Gasteiger partial charge on any atom is 0.247 e. The van der Waals surface area contributed by atoms with Crippen molar-refractivity contribution in [2.24, 2.45) is 5.73 Å². The number of carbonyl (C=O) groups is 1. The molecule has 0 aromatic heterocycles. The molecule has 5 nitrogen and oxygen atoms in total. The van der Waals surface area contributed by atoms with E-state index < -0.39 is 12.0 Å². The number of amides is 1. The van der Waals surface area contributed by atoms with Gasteiger partial charge < -0.3 is 20.9 Å². The van der Waals surface area contributed by atoms with E-state index in [-0.39, 0.29) is 12.1 Å². The smallest absolute Gasteiger partial charge is 0.247 e. The minimum Gasteiger partial charge on any atom is -0.382 e. The van der Waals surface area contributed by atoms with Crippen molar-refractivity contribution in [1.29, 1.82) is 0 Å². The van der Waals surface area contributed by atoms with Crippen LogP contribution in [-0.2, 0) is 9.53 Å². The van der Waals surface area contributed by atoms with Crippen LogP contribution in [0.2, 0.25) is 0 Å². The Morgan fingerprint density at radius 1 is 1.56 bits per heavy atom. The third kappa shape index (κ3) is 3.60. The number of primary amides is 1. The first-order chi connectivity index (χ1) is 8.61. The predicted octanol–water partition coefficient (Wildman–Crippen LogP) is -0.133. The van der Waals surface area contributed by atoms with Crippen molar-refractivity contribution < 1.29 is 14.6 Å². The van der Waals surface area contributed by atoms with Crippen LogP contribution in [0.4, 0.5) is 0 Å². The van der Waals surface area contributed by atoms with Gasteiger partial charge in [-0.1, -0.05) is 0 Å². The van der Waals surface area contributed by atoms with E-state index in [2.05, 4.69) is 5.32 Å². The van der Waals surface area contributed by atoms with Crippen molar-refractivity contribution in [3.63, 3.8) is 0 Å². The predicted molar refractivity (Wildman–Crippen MR) is 71.5 cm³/mol. The van der Waals surface area contributed by atoms with Gasteiger partial charge in [0.15, 0.2) is 0 Å². The number of aliphatic hydroxyl groups is 1. The van der Waals surface area contributed by atoms with Crippen molar-refractivity contribution in [3.8, 4) is 0 Å². The van der Waals surface area contributed by atoms with Crippen LogP contribution in [-0.4, -0.2) is 53.4 Å². The minimum atomic E-state index is -1.09. The number of thioether (sulfide) groups is 1. The average Bonchev–Trinajstić information content (AvgIpc) is 2.37. The fourth-order valence-corrected chi connectivity index (χ4v) is 3.91. The largest absolute Gasteiger partial charge is 0.382 e. The highest BCUT2D eigenvalue weighted by molar-refractivity contribution is 7.99. The standard InChI is InChI=1S/C12H22N2O3S/c13-11(16)10(15)8-14-9-1-4-17-12(7-9)2-5-18-6-3-12/h9-10,14-15H,1-8H2,(H2,13,16). The number of hydrogen-bond acceptors (Lipinski definition) is 5. The van der Waals surface area contributed by atoms with E-state index in [1.54, 1.807) is 0 Å². The van der Waals surface area contributed by atoms with Crippen molar-refractivity contribution in [3.05, 3.63) is 0 Å². The summed E-state index contributed by atoms with van der Waals surface area (Å²) in [6, 6.07) is 0.316. The van der Waals surface area contributed by atoms with Crippen LogP contribution < -0.4 is 11.1 Å². The second-order valence-corrected chi connectivity index (χ2v) is 6.38. The summed E-state index contributed by atoms with van der Waals surface area (Å²) in [4.78, 5) is 10.8. The van der Waals surface area contributed by atoms with Gasteiger partial charge in [0.1, 0.15) is 6.10 Å². The molecule has 2 atom stereocenters. The molecule has 104 valence electrons. The van der Waals surface area contributed by atoms with Gasteiger partial charge in [-0.3, -0.25) is 4.79 Å². The van der Waals surface area contributed by atoms with E-state index in [9.17, 15) is 9.90 Å². The van der Waals surface area contributed by atoms with Crippen molar-refractivity contribution >= 4 is 17.7 Å². The van der Waals surface area contributed by atoms with Gasteiger partial charge >= 0.3 is 0 Å². The quantitative estimate of drug-likeness (QED) is 0.665. The van der Waals surface area contributed by atoms with E-state index in [0.717, 1.165) is 43.8 Å². The molecule has 0 saturated carbocycles. The Morgan fingerprint density at radius 3 is 2.94 bits per heavy atom. The fourth-order valence-electron chi connectivity index (χ4n) is 2.67. The van der Waals surface area contributed by atoms with Gasteiger partial charge in [0, 0.05) is 19.2 Å². The normalized spacial score (nSPS) is 29.1. The third-order valence-corrected chi connectivity index (χ3v) is 4.81. The van der Waals surface area contributed by atoms with Gasteiger partial charge in [0.25, 0.3) is 0 Å². The van der Waals surface area contributed by atoms with Crippen LogP contribution in [0.25, 0.3) is 0 Å². The van der Waals surface area contributed by atoms with Crippen LogP contribution in [0.15, 0.2) is 0 Å². The molecule has 1 amide bonds. The summed E-state index contributed by atoms with van der Waals surface area (Å²) in [7, 11) is 0. The van der Waals surface area contributed by atoms with E-state index in [1.165, 1.54) is 0 Å². The zero-order chi connectivity index (χ0) is 13.0. The Bertz CT molecular complexity index is 290.